The van der Waals surface area contributed by atoms with Crippen LogP contribution in [0.4, 0.5) is 0 Å². The summed E-state index contributed by atoms with van der Waals surface area (Å²) in [6.07, 6.45) is 64.5. The van der Waals surface area contributed by atoms with E-state index in [0.717, 1.165) is 38.5 Å². The van der Waals surface area contributed by atoms with E-state index in [4.69, 9.17) is 0 Å². The minimum atomic E-state index is -4.61. The number of rotatable bonds is 52. The van der Waals surface area contributed by atoms with Crippen LogP contribution >= 0.6 is 0 Å². The standard InChI is InChI=1S/2C28H56O4S.Ca/c2*1-3-5-7-9-11-13-15-16-18-20-22-24-26-28(27-32-33(29,30)31)25-23-21-19-17-14-12-10-8-6-4-2;/h2*23,25,28H,3-22,24,26-27H2,1-2H3,(H,29,30,31);/q;;+2/p-2/b2*25-23+;. The van der Waals surface area contributed by atoms with Gasteiger partial charge in [-0.25, -0.2) is 16.8 Å². The molecular weight excluding hydrogens is 905 g/mol. The van der Waals surface area contributed by atoms with E-state index in [1.165, 1.54) is 244 Å². The third-order valence-electron chi connectivity index (χ3n) is 13.0. The summed E-state index contributed by atoms with van der Waals surface area (Å²) in [7, 11) is -9.22. The molecule has 0 N–H and O–H groups in total. The number of unbranched alkanes of at least 4 members (excludes halogenated alkanes) is 38. The van der Waals surface area contributed by atoms with Gasteiger partial charge in [-0.15, -0.1) is 0 Å². The van der Waals surface area contributed by atoms with Crippen LogP contribution in [0.2, 0.25) is 0 Å². The molecule has 396 valence electrons. The van der Waals surface area contributed by atoms with Gasteiger partial charge in [-0.3, -0.25) is 8.37 Å². The van der Waals surface area contributed by atoms with Gasteiger partial charge in [0.1, 0.15) is 0 Å². The zero-order valence-electron chi connectivity index (χ0n) is 44.8. The van der Waals surface area contributed by atoms with Crippen molar-refractivity contribution in [1.29, 1.82) is 0 Å². The van der Waals surface area contributed by atoms with Crippen LogP contribution in [0.1, 0.15) is 310 Å². The second-order valence-corrected chi connectivity index (χ2v) is 21.7. The number of hydrogen-bond donors (Lipinski definition) is 0. The molecule has 0 fully saturated rings. The second-order valence-electron chi connectivity index (χ2n) is 19.6. The average Bonchev–Trinajstić information content (AvgIpc) is 3.28. The largest absolute Gasteiger partial charge is 2.00 e. The van der Waals surface area contributed by atoms with Gasteiger partial charge in [0.2, 0.25) is 20.8 Å². The molecule has 0 aliphatic heterocycles. The maximum Gasteiger partial charge on any atom is 2.00 e. The summed E-state index contributed by atoms with van der Waals surface area (Å²) in [6.45, 7) is 8.98. The minimum Gasteiger partial charge on any atom is -0.726 e. The molecule has 0 aliphatic rings. The van der Waals surface area contributed by atoms with E-state index in [2.05, 4.69) is 60.4 Å². The van der Waals surface area contributed by atoms with Crippen LogP contribution in [0.25, 0.3) is 0 Å². The molecule has 2 atom stereocenters. The second kappa shape index (κ2) is 57.4. The van der Waals surface area contributed by atoms with Gasteiger partial charge >= 0.3 is 37.7 Å². The Labute approximate surface area is 448 Å². The Bertz CT molecular complexity index is 1130. The van der Waals surface area contributed by atoms with Crippen molar-refractivity contribution in [2.24, 2.45) is 11.8 Å². The molecule has 11 heteroatoms. The van der Waals surface area contributed by atoms with E-state index in [-0.39, 0.29) is 62.8 Å². The summed E-state index contributed by atoms with van der Waals surface area (Å²) in [5.74, 6) is 0.0387. The first-order chi connectivity index (χ1) is 32.0. The van der Waals surface area contributed by atoms with Gasteiger partial charge in [0.25, 0.3) is 0 Å². The van der Waals surface area contributed by atoms with Crippen LogP contribution in [0.5, 0.6) is 0 Å². The van der Waals surface area contributed by atoms with Crippen molar-refractivity contribution in [2.45, 2.75) is 310 Å². The van der Waals surface area contributed by atoms with Crippen molar-refractivity contribution in [3.05, 3.63) is 24.3 Å². The Kier molecular flexibility index (Phi) is 61.4. The molecule has 0 amide bonds. The van der Waals surface area contributed by atoms with Crippen LogP contribution < -0.4 is 0 Å². The van der Waals surface area contributed by atoms with Gasteiger partial charge < -0.3 is 9.11 Å². The van der Waals surface area contributed by atoms with E-state index in [1.54, 1.807) is 0 Å². The van der Waals surface area contributed by atoms with Crippen molar-refractivity contribution in [1.82, 2.24) is 0 Å². The molecule has 2 unspecified atom stereocenters. The van der Waals surface area contributed by atoms with Crippen LogP contribution in [-0.4, -0.2) is 76.9 Å². The molecule has 0 spiro atoms. The fourth-order valence-corrected chi connectivity index (χ4v) is 9.36. The summed E-state index contributed by atoms with van der Waals surface area (Å²) in [6, 6.07) is 0. The Balaban J connectivity index is -0.00000120. The van der Waals surface area contributed by atoms with Crippen LogP contribution in [0.15, 0.2) is 24.3 Å². The van der Waals surface area contributed by atoms with Crippen LogP contribution in [-0.2, 0) is 29.2 Å². The van der Waals surface area contributed by atoms with Crippen molar-refractivity contribution in [3.8, 4) is 0 Å². The number of hydrogen-bond acceptors (Lipinski definition) is 8. The van der Waals surface area contributed by atoms with Crippen molar-refractivity contribution in [2.75, 3.05) is 13.2 Å². The van der Waals surface area contributed by atoms with E-state index >= 15 is 0 Å². The fraction of sp³-hybridized carbons (Fsp3) is 0.929. The zero-order chi connectivity index (χ0) is 48.9. The molecule has 0 aromatic carbocycles. The molecule has 0 rings (SSSR count). The van der Waals surface area contributed by atoms with Crippen molar-refractivity contribution in [3.63, 3.8) is 0 Å². The first-order valence-corrected chi connectivity index (χ1v) is 31.2. The zero-order valence-corrected chi connectivity index (χ0v) is 48.6. The molecule has 0 aromatic heterocycles. The van der Waals surface area contributed by atoms with Crippen molar-refractivity contribution < 1.29 is 34.3 Å². The molecule has 0 bridgehead atoms. The van der Waals surface area contributed by atoms with Crippen molar-refractivity contribution >= 4 is 58.5 Å². The maximum atomic E-state index is 10.9. The average molecular weight is 1020 g/mol. The third-order valence-corrected chi connectivity index (χ3v) is 13.8. The van der Waals surface area contributed by atoms with E-state index in [9.17, 15) is 25.9 Å². The minimum absolute atomic E-state index is 0. The molecular formula is C56H110CaO8S2. The summed E-state index contributed by atoms with van der Waals surface area (Å²) >= 11 is 0. The SMILES string of the molecule is CCCCCCCCCC/C=C/C(CCCCCCCCCCCCCC)COS(=O)(=O)[O-].CCCCCCCCCC/C=C/C(CCCCCCCCCCCCCC)COS(=O)(=O)[O-].[Ca+2]. The molecule has 0 saturated carbocycles. The van der Waals surface area contributed by atoms with Gasteiger partial charge in [-0.1, -0.05) is 296 Å². The summed E-state index contributed by atoms with van der Waals surface area (Å²) in [5, 5.41) is 0. The smallest absolute Gasteiger partial charge is 0.726 e. The first-order valence-electron chi connectivity index (χ1n) is 28.5. The predicted molar refractivity (Wildman–Crippen MR) is 288 cm³/mol. The molecule has 0 aliphatic carbocycles. The van der Waals surface area contributed by atoms with Gasteiger partial charge in [-0.2, -0.15) is 0 Å². The van der Waals surface area contributed by atoms with Gasteiger partial charge in [0.05, 0.1) is 13.2 Å². The maximum absolute atomic E-state index is 10.9. The Morgan fingerprint density at radius 2 is 0.522 bits per heavy atom. The van der Waals surface area contributed by atoms with Gasteiger partial charge in [-0.05, 0) is 38.5 Å². The molecule has 0 heterocycles. The summed E-state index contributed by atoms with van der Waals surface area (Å²) in [4.78, 5) is 0. The predicted octanol–water partition coefficient (Wildman–Crippen LogP) is 18.1. The van der Waals surface area contributed by atoms with Crippen LogP contribution in [0, 0.1) is 11.8 Å². The van der Waals surface area contributed by atoms with Gasteiger partial charge in [0, 0.05) is 11.8 Å². The molecule has 8 nitrogen and oxygen atoms in total. The van der Waals surface area contributed by atoms with E-state index in [1.807, 2.05) is 0 Å². The monoisotopic (exact) mass is 1010 g/mol. The molecule has 0 saturated heterocycles. The summed E-state index contributed by atoms with van der Waals surface area (Å²) < 4.78 is 74.2. The Morgan fingerprint density at radius 1 is 0.328 bits per heavy atom. The fourth-order valence-electron chi connectivity index (χ4n) is 8.68. The summed E-state index contributed by atoms with van der Waals surface area (Å²) in [5.41, 5.74) is 0. The van der Waals surface area contributed by atoms with E-state index < -0.39 is 20.8 Å². The van der Waals surface area contributed by atoms with Crippen LogP contribution in [0.3, 0.4) is 0 Å². The molecule has 67 heavy (non-hydrogen) atoms. The Hall–Kier alpha value is 0.480. The first kappa shape index (κ1) is 71.7. The topological polar surface area (TPSA) is 133 Å². The van der Waals surface area contributed by atoms with Gasteiger partial charge in [0.15, 0.2) is 0 Å². The molecule has 0 radical (unpaired) electrons. The quantitative estimate of drug-likeness (QED) is 0.0193. The molecule has 0 aromatic rings. The van der Waals surface area contributed by atoms with E-state index in [0.29, 0.717) is 0 Å². The Morgan fingerprint density at radius 3 is 0.731 bits per heavy atom. The number of allylic oxidation sites excluding steroid dienone is 2. The normalized spacial score (nSPS) is 13.0. The third kappa shape index (κ3) is 66.5.